The quantitative estimate of drug-likeness (QED) is 0.578. The van der Waals surface area contributed by atoms with Gasteiger partial charge in [0.1, 0.15) is 0 Å². The lowest BCUT2D eigenvalue weighted by atomic mass is 10.1. The van der Waals surface area contributed by atoms with Crippen LogP contribution in [0, 0.1) is 0 Å². The van der Waals surface area contributed by atoms with E-state index in [-0.39, 0.29) is 6.42 Å². The number of carboxylic acid groups (broad SMARTS) is 1. The first kappa shape index (κ1) is 18.9. The zero-order chi connectivity index (χ0) is 19.4. The minimum absolute atomic E-state index is 0.0283. The van der Waals surface area contributed by atoms with Gasteiger partial charge in [-0.15, -0.1) is 0 Å². The third kappa shape index (κ3) is 4.28. The molecule has 1 N–H and O–H groups in total. The third-order valence-electron chi connectivity index (χ3n) is 4.22. The van der Waals surface area contributed by atoms with Crippen LogP contribution in [-0.2, 0) is 16.0 Å². The zero-order valence-corrected chi connectivity index (χ0v) is 16.3. The maximum atomic E-state index is 11.9. The number of rotatable bonds is 6. The van der Waals surface area contributed by atoms with Crippen molar-refractivity contribution in [3.05, 3.63) is 76.4 Å². The molecule has 0 spiro atoms. The minimum Gasteiger partial charge on any atom is -0.481 e. The summed E-state index contributed by atoms with van der Waals surface area (Å²) in [6, 6.07) is 18.9. The molecule has 1 heterocycles. The van der Waals surface area contributed by atoms with E-state index in [9.17, 15) is 9.59 Å². The van der Waals surface area contributed by atoms with Gasteiger partial charge in [-0.3, -0.25) is 4.79 Å². The molecular weight excluding hydrogens is 410 g/mol. The van der Waals surface area contributed by atoms with Crippen LogP contribution < -0.4 is 0 Å². The predicted molar refractivity (Wildman–Crippen MR) is 106 cm³/mol. The van der Waals surface area contributed by atoms with E-state index in [2.05, 4.69) is 15.9 Å². The number of aryl methyl sites for hydroxylation is 1. The molecule has 3 aromatic rings. The molecule has 0 saturated carbocycles. The number of methoxy groups -OCH3 is 1. The molecule has 6 heteroatoms. The number of hydrogen-bond donors (Lipinski definition) is 1. The Hall–Kier alpha value is -2.86. The van der Waals surface area contributed by atoms with Crippen LogP contribution in [0.4, 0.5) is 0 Å². The van der Waals surface area contributed by atoms with Crippen LogP contribution in [0.3, 0.4) is 0 Å². The number of esters is 1. The highest BCUT2D eigenvalue weighted by molar-refractivity contribution is 9.10. The molecule has 0 radical (unpaired) electrons. The van der Waals surface area contributed by atoms with Crippen molar-refractivity contribution in [1.29, 1.82) is 0 Å². The summed E-state index contributed by atoms with van der Waals surface area (Å²) in [5, 5.41) is 9.06. The van der Waals surface area contributed by atoms with Crippen molar-refractivity contribution in [3.63, 3.8) is 0 Å². The lowest BCUT2D eigenvalue weighted by Gasteiger charge is -2.15. The third-order valence-corrected chi connectivity index (χ3v) is 4.75. The molecule has 0 fully saturated rings. The Bertz CT molecular complexity index is 976. The lowest BCUT2D eigenvalue weighted by molar-refractivity contribution is -0.136. The smallest absolute Gasteiger partial charge is 0.337 e. The molecule has 0 bridgehead atoms. The molecule has 0 aliphatic rings. The summed E-state index contributed by atoms with van der Waals surface area (Å²) in [7, 11) is 1.34. The number of nitrogens with zero attached hydrogens (tertiary/aromatic N) is 1. The first-order valence-electron chi connectivity index (χ1n) is 8.36. The largest absolute Gasteiger partial charge is 0.481 e. The second kappa shape index (κ2) is 8.22. The zero-order valence-electron chi connectivity index (χ0n) is 14.7. The first-order chi connectivity index (χ1) is 13.0. The van der Waals surface area contributed by atoms with Crippen LogP contribution in [0.15, 0.2) is 65.1 Å². The summed E-state index contributed by atoms with van der Waals surface area (Å²) >= 11 is 3.44. The Morgan fingerprint density at radius 1 is 1.07 bits per heavy atom. The number of benzene rings is 2. The van der Waals surface area contributed by atoms with Crippen LogP contribution in [0.1, 0.15) is 22.5 Å². The Morgan fingerprint density at radius 2 is 1.81 bits per heavy atom. The first-order valence-corrected chi connectivity index (χ1v) is 9.16. The average molecular weight is 428 g/mol. The van der Waals surface area contributed by atoms with Crippen LogP contribution in [0.2, 0.25) is 0 Å². The van der Waals surface area contributed by atoms with Gasteiger partial charge in [-0.1, -0.05) is 34.1 Å². The fraction of sp³-hybridized carbons (Fsp3) is 0.143. The van der Waals surface area contributed by atoms with Crippen LogP contribution >= 0.6 is 15.9 Å². The monoisotopic (exact) mass is 427 g/mol. The normalized spacial score (nSPS) is 10.6. The Morgan fingerprint density at radius 3 is 2.48 bits per heavy atom. The van der Waals surface area contributed by atoms with E-state index in [1.165, 1.54) is 7.11 Å². The SMILES string of the molecule is COC(=O)c1cccc(-n2c(CCC(=O)O)ccc2-c2ccc(Br)cc2)c1. The summed E-state index contributed by atoms with van der Waals surface area (Å²) in [5.74, 6) is -1.27. The van der Waals surface area contributed by atoms with Crippen molar-refractivity contribution >= 4 is 27.9 Å². The second-order valence-corrected chi connectivity index (χ2v) is 6.90. The standard InChI is InChI=1S/C21H18BrNO4/c1-27-21(26)15-3-2-4-18(13-15)23-17(10-12-20(24)25)9-11-19(23)14-5-7-16(22)8-6-14/h2-9,11,13H,10,12H2,1H3,(H,24,25). The second-order valence-electron chi connectivity index (χ2n) is 5.99. The summed E-state index contributed by atoms with van der Waals surface area (Å²) in [4.78, 5) is 23.0. The summed E-state index contributed by atoms with van der Waals surface area (Å²) in [6.45, 7) is 0. The van der Waals surface area contributed by atoms with Gasteiger partial charge in [-0.25, -0.2) is 4.79 Å². The van der Waals surface area contributed by atoms with E-state index >= 15 is 0 Å². The molecule has 138 valence electrons. The van der Waals surface area contributed by atoms with Gasteiger partial charge in [0.05, 0.1) is 24.8 Å². The van der Waals surface area contributed by atoms with Crippen molar-refractivity contribution in [1.82, 2.24) is 4.57 Å². The number of hydrogen-bond acceptors (Lipinski definition) is 3. The number of carbonyl (C=O) groups is 2. The number of ether oxygens (including phenoxy) is 1. The van der Waals surface area contributed by atoms with Crippen molar-refractivity contribution in [2.45, 2.75) is 12.8 Å². The van der Waals surface area contributed by atoms with E-state index in [1.807, 2.05) is 47.0 Å². The van der Waals surface area contributed by atoms with E-state index in [4.69, 9.17) is 9.84 Å². The van der Waals surface area contributed by atoms with Crippen LogP contribution in [0.5, 0.6) is 0 Å². The molecule has 3 rings (SSSR count). The number of halogens is 1. The lowest BCUT2D eigenvalue weighted by Crippen LogP contribution is -2.07. The summed E-state index contributed by atoms with van der Waals surface area (Å²) in [5.41, 5.74) is 3.99. The number of aliphatic carboxylic acids is 1. The van der Waals surface area contributed by atoms with Gasteiger partial charge in [0.15, 0.2) is 0 Å². The summed E-state index contributed by atoms with van der Waals surface area (Å²) in [6.07, 6.45) is 0.412. The molecule has 5 nitrogen and oxygen atoms in total. The van der Waals surface area contributed by atoms with Crippen LogP contribution in [0.25, 0.3) is 16.9 Å². The highest BCUT2D eigenvalue weighted by Gasteiger charge is 2.15. The number of aromatic nitrogens is 1. The molecule has 0 atom stereocenters. The maximum Gasteiger partial charge on any atom is 0.337 e. The minimum atomic E-state index is -0.851. The van der Waals surface area contributed by atoms with E-state index in [1.54, 1.807) is 18.2 Å². The Labute approximate surface area is 165 Å². The average Bonchev–Trinajstić information content (AvgIpc) is 3.10. The number of carboxylic acids is 1. The molecule has 0 saturated heterocycles. The maximum absolute atomic E-state index is 11.9. The molecule has 0 amide bonds. The van der Waals surface area contributed by atoms with Gasteiger partial charge in [-0.2, -0.15) is 0 Å². The van der Waals surface area contributed by atoms with E-state index in [0.29, 0.717) is 12.0 Å². The molecule has 0 aliphatic heterocycles. The molecule has 1 aromatic heterocycles. The summed E-state index contributed by atoms with van der Waals surface area (Å²) < 4.78 is 7.77. The van der Waals surface area contributed by atoms with Crippen LogP contribution in [-0.4, -0.2) is 28.7 Å². The van der Waals surface area contributed by atoms with Gasteiger partial charge < -0.3 is 14.4 Å². The Balaban J connectivity index is 2.13. The molecule has 27 heavy (non-hydrogen) atoms. The van der Waals surface area contributed by atoms with Gasteiger partial charge in [-0.05, 0) is 54.4 Å². The fourth-order valence-corrected chi connectivity index (χ4v) is 3.21. The molecule has 0 unspecified atom stereocenters. The topological polar surface area (TPSA) is 68.5 Å². The number of carbonyl (C=O) groups excluding carboxylic acids is 1. The van der Waals surface area contributed by atoms with E-state index < -0.39 is 11.9 Å². The van der Waals surface area contributed by atoms with E-state index in [0.717, 1.165) is 27.1 Å². The van der Waals surface area contributed by atoms with Crippen molar-refractivity contribution in [3.8, 4) is 16.9 Å². The Kier molecular flexibility index (Phi) is 5.76. The van der Waals surface area contributed by atoms with Gasteiger partial charge in [0.2, 0.25) is 0 Å². The highest BCUT2D eigenvalue weighted by atomic mass is 79.9. The van der Waals surface area contributed by atoms with Crippen molar-refractivity contribution < 1.29 is 19.4 Å². The molecular formula is C21H18BrNO4. The molecule has 2 aromatic carbocycles. The predicted octanol–water partition coefficient (Wildman–Crippen LogP) is 4.71. The van der Waals surface area contributed by atoms with Crippen molar-refractivity contribution in [2.75, 3.05) is 7.11 Å². The van der Waals surface area contributed by atoms with Gasteiger partial charge in [0.25, 0.3) is 0 Å². The fourth-order valence-electron chi connectivity index (χ4n) is 2.95. The highest BCUT2D eigenvalue weighted by Crippen LogP contribution is 2.29. The van der Waals surface area contributed by atoms with Crippen molar-refractivity contribution in [2.24, 2.45) is 0 Å². The van der Waals surface area contributed by atoms with Gasteiger partial charge >= 0.3 is 11.9 Å². The molecule has 0 aliphatic carbocycles. The van der Waals surface area contributed by atoms with Gasteiger partial charge in [0, 0.05) is 15.9 Å².